The first-order chi connectivity index (χ1) is 15.0. The molecule has 0 unspecified atom stereocenters. The largest absolute Gasteiger partial charge is 0.496 e. The van der Waals surface area contributed by atoms with Crippen molar-refractivity contribution in [2.24, 2.45) is 0 Å². The maximum absolute atomic E-state index is 14.0. The number of carbonyl (C=O) groups excluding carboxylic acids is 1. The Morgan fingerprint density at radius 3 is 2.42 bits per heavy atom. The van der Waals surface area contributed by atoms with Crippen LogP contribution in [-0.4, -0.2) is 20.2 Å². The average molecular weight is 438 g/mol. The molecule has 3 aromatic rings. The molecule has 0 saturated heterocycles. The third kappa shape index (κ3) is 4.85. The molecule has 0 spiro atoms. The van der Waals surface area contributed by atoms with Gasteiger partial charge in [-0.05, 0) is 48.0 Å². The van der Waals surface area contributed by atoms with Crippen LogP contribution in [0.15, 0.2) is 60.7 Å². The number of hydrogen-bond donors (Lipinski definition) is 0. The highest BCUT2D eigenvalue weighted by atomic mass is 35.5. The number of nitriles is 1. The van der Waals surface area contributed by atoms with Gasteiger partial charge in [-0.15, -0.1) is 0 Å². The molecule has 0 atom stereocenters. The lowest BCUT2D eigenvalue weighted by Gasteiger charge is -2.11. The van der Waals surface area contributed by atoms with Crippen LogP contribution in [0.3, 0.4) is 0 Å². The number of benzene rings is 3. The Labute approximate surface area is 183 Å². The molecular weight excluding hydrogens is 421 g/mol. The van der Waals surface area contributed by atoms with Crippen LogP contribution in [0.2, 0.25) is 5.02 Å². The molecule has 3 rings (SSSR count). The Morgan fingerprint density at radius 2 is 1.74 bits per heavy atom. The van der Waals surface area contributed by atoms with Gasteiger partial charge in [0, 0.05) is 5.56 Å². The van der Waals surface area contributed by atoms with Crippen LogP contribution < -0.4 is 14.2 Å². The highest BCUT2D eigenvalue weighted by Crippen LogP contribution is 2.33. The molecule has 5 nitrogen and oxygen atoms in total. The van der Waals surface area contributed by atoms with E-state index < -0.39 is 11.8 Å². The normalized spacial score (nSPS) is 10.9. The second-order valence-corrected chi connectivity index (χ2v) is 6.67. The summed E-state index contributed by atoms with van der Waals surface area (Å²) < 4.78 is 29.9. The molecule has 31 heavy (non-hydrogen) atoms. The number of hydrogen-bond acceptors (Lipinski definition) is 5. The second kappa shape index (κ2) is 9.79. The minimum absolute atomic E-state index is 0.0565. The summed E-state index contributed by atoms with van der Waals surface area (Å²) in [6.45, 7) is 0. The van der Waals surface area contributed by atoms with Crippen molar-refractivity contribution in [2.45, 2.75) is 0 Å². The van der Waals surface area contributed by atoms with Crippen molar-refractivity contribution in [1.82, 2.24) is 0 Å². The maximum Gasteiger partial charge on any atom is 0.348 e. The average Bonchev–Trinajstić information content (AvgIpc) is 2.78. The molecule has 7 heteroatoms. The first kappa shape index (κ1) is 21.9. The lowest BCUT2D eigenvalue weighted by Crippen LogP contribution is -2.12. The predicted molar refractivity (Wildman–Crippen MR) is 116 cm³/mol. The van der Waals surface area contributed by atoms with E-state index in [-0.39, 0.29) is 22.1 Å². The van der Waals surface area contributed by atoms with Crippen molar-refractivity contribution in [3.05, 3.63) is 88.2 Å². The summed E-state index contributed by atoms with van der Waals surface area (Å²) in [4.78, 5) is 12.4. The van der Waals surface area contributed by atoms with E-state index >= 15 is 0 Å². The van der Waals surface area contributed by atoms with Crippen LogP contribution in [0.5, 0.6) is 17.2 Å². The van der Waals surface area contributed by atoms with Gasteiger partial charge in [0.15, 0.2) is 11.5 Å². The van der Waals surface area contributed by atoms with Gasteiger partial charge in [-0.25, -0.2) is 9.18 Å². The maximum atomic E-state index is 14.0. The number of allylic oxidation sites excluding steroid dienone is 1. The van der Waals surface area contributed by atoms with E-state index in [2.05, 4.69) is 6.07 Å². The fourth-order valence-corrected chi connectivity index (χ4v) is 3.15. The van der Waals surface area contributed by atoms with Crippen molar-refractivity contribution in [3.8, 4) is 23.3 Å². The topological polar surface area (TPSA) is 68.6 Å². The van der Waals surface area contributed by atoms with E-state index in [4.69, 9.17) is 25.8 Å². The molecule has 0 saturated carbocycles. The number of rotatable bonds is 6. The van der Waals surface area contributed by atoms with Gasteiger partial charge in [-0.1, -0.05) is 35.9 Å². The molecule has 0 aliphatic carbocycles. The number of nitrogens with zero attached hydrogens (tertiary/aromatic N) is 1. The predicted octanol–water partition coefficient (Wildman–Crippen LogP) is 5.78. The zero-order chi connectivity index (χ0) is 22.4. The third-order valence-corrected chi connectivity index (χ3v) is 4.70. The van der Waals surface area contributed by atoms with Crippen molar-refractivity contribution in [3.63, 3.8) is 0 Å². The first-order valence-electron chi connectivity index (χ1n) is 9.08. The monoisotopic (exact) mass is 437 g/mol. The molecule has 0 N–H and O–H groups in total. The van der Waals surface area contributed by atoms with Crippen LogP contribution in [-0.2, 0) is 0 Å². The summed E-state index contributed by atoms with van der Waals surface area (Å²) in [6, 6.07) is 18.0. The lowest BCUT2D eigenvalue weighted by atomic mass is 10.0. The summed E-state index contributed by atoms with van der Waals surface area (Å²) in [5, 5.41) is 9.56. The van der Waals surface area contributed by atoms with Crippen LogP contribution in [0.4, 0.5) is 4.39 Å². The van der Waals surface area contributed by atoms with Crippen LogP contribution in [0, 0.1) is 17.1 Å². The zero-order valence-corrected chi connectivity index (χ0v) is 17.4. The Bertz CT molecular complexity index is 1180. The summed E-state index contributed by atoms with van der Waals surface area (Å²) in [6.07, 6.45) is 1.65. The van der Waals surface area contributed by atoms with Gasteiger partial charge in [0.05, 0.1) is 30.9 Å². The van der Waals surface area contributed by atoms with Gasteiger partial charge < -0.3 is 14.2 Å². The number of para-hydroxylation sites is 1. The standard InChI is InChI=1S/C24H17ClFNO4/c1-29-20-9-4-3-6-17(20)16(14-27)12-15-10-11-21(22(13-15)30-2)31-24(28)23-18(25)7-5-8-19(23)26/h3-13H,1-2H3/b16-12-. The van der Waals surface area contributed by atoms with Crippen molar-refractivity contribution < 1.29 is 23.4 Å². The summed E-state index contributed by atoms with van der Waals surface area (Å²) in [5.74, 6) is -0.857. The number of esters is 1. The van der Waals surface area contributed by atoms with Crippen LogP contribution in [0.1, 0.15) is 21.5 Å². The van der Waals surface area contributed by atoms with Gasteiger partial charge in [0.1, 0.15) is 17.1 Å². The first-order valence-corrected chi connectivity index (χ1v) is 9.45. The van der Waals surface area contributed by atoms with Gasteiger partial charge >= 0.3 is 5.97 Å². The van der Waals surface area contributed by atoms with Crippen molar-refractivity contribution in [2.75, 3.05) is 14.2 Å². The quantitative estimate of drug-likeness (QED) is 0.211. The van der Waals surface area contributed by atoms with Crippen molar-refractivity contribution >= 4 is 29.2 Å². The van der Waals surface area contributed by atoms with E-state index in [9.17, 15) is 14.4 Å². The fourth-order valence-electron chi connectivity index (χ4n) is 2.91. The molecule has 0 aliphatic rings. The van der Waals surface area contributed by atoms with E-state index in [1.54, 1.807) is 36.4 Å². The van der Waals surface area contributed by atoms with E-state index in [0.717, 1.165) is 6.07 Å². The molecule has 156 valence electrons. The molecule has 0 radical (unpaired) electrons. The molecule has 0 aliphatic heterocycles. The highest BCUT2D eigenvalue weighted by Gasteiger charge is 2.20. The van der Waals surface area contributed by atoms with E-state index in [0.29, 0.717) is 22.4 Å². The molecule has 3 aromatic carbocycles. The zero-order valence-electron chi connectivity index (χ0n) is 16.7. The van der Waals surface area contributed by atoms with Gasteiger partial charge in [0.2, 0.25) is 0 Å². The van der Waals surface area contributed by atoms with Crippen LogP contribution >= 0.6 is 11.6 Å². The number of ether oxygens (including phenoxy) is 3. The molecule has 0 fully saturated rings. The summed E-state index contributed by atoms with van der Waals surface area (Å²) >= 11 is 5.92. The Hall–Kier alpha value is -3.82. The fraction of sp³-hybridized carbons (Fsp3) is 0.0833. The number of halogens is 2. The summed E-state index contributed by atoms with van der Waals surface area (Å²) in [7, 11) is 2.93. The lowest BCUT2D eigenvalue weighted by molar-refractivity contribution is 0.0725. The van der Waals surface area contributed by atoms with Gasteiger partial charge in [-0.2, -0.15) is 5.26 Å². The van der Waals surface area contributed by atoms with Gasteiger partial charge in [0.25, 0.3) is 0 Å². The van der Waals surface area contributed by atoms with Gasteiger partial charge in [-0.3, -0.25) is 0 Å². The molecule has 0 bridgehead atoms. The highest BCUT2D eigenvalue weighted by molar-refractivity contribution is 6.33. The Morgan fingerprint density at radius 1 is 1.00 bits per heavy atom. The summed E-state index contributed by atoms with van der Waals surface area (Å²) in [5.41, 5.74) is 1.28. The minimum Gasteiger partial charge on any atom is -0.496 e. The number of carbonyl (C=O) groups is 1. The van der Waals surface area contributed by atoms with Crippen molar-refractivity contribution in [1.29, 1.82) is 5.26 Å². The van der Waals surface area contributed by atoms with E-state index in [1.165, 1.54) is 32.4 Å². The molecule has 0 amide bonds. The Kier molecular flexibility index (Phi) is 6.91. The molecule has 0 aromatic heterocycles. The molecular formula is C24H17ClFNO4. The molecule has 0 heterocycles. The van der Waals surface area contributed by atoms with E-state index in [1.807, 2.05) is 6.07 Å². The minimum atomic E-state index is -0.948. The Balaban J connectivity index is 1.93. The SMILES string of the molecule is COc1cc(/C=C(/C#N)c2ccccc2OC)ccc1OC(=O)c1c(F)cccc1Cl. The smallest absolute Gasteiger partial charge is 0.348 e. The van der Waals surface area contributed by atoms with Crippen LogP contribution in [0.25, 0.3) is 11.6 Å². The third-order valence-electron chi connectivity index (χ3n) is 4.39. The second-order valence-electron chi connectivity index (χ2n) is 6.27. The number of methoxy groups -OCH3 is 2.